The van der Waals surface area contributed by atoms with Crippen LogP contribution in [0.3, 0.4) is 0 Å². The summed E-state index contributed by atoms with van der Waals surface area (Å²) in [5.41, 5.74) is 15.1. The molecule has 10 heteroatoms. The van der Waals surface area contributed by atoms with Gasteiger partial charge in [-0.15, -0.1) is 0 Å². The molecule has 5 amide bonds. The number of fused-ring (bicyclic) bond motifs is 3. The lowest BCUT2D eigenvalue weighted by Crippen LogP contribution is -2.54. The van der Waals surface area contributed by atoms with Crippen molar-refractivity contribution in [1.29, 1.82) is 0 Å². The molecule has 1 aliphatic carbocycles. The highest BCUT2D eigenvalue weighted by atomic mass is 16.5. The number of urea groups is 2. The number of ether oxygens (including phenoxy) is 1. The van der Waals surface area contributed by atoms with E-state index in [9.17, 15) is 19.2 Å². The fraction of sp³-hybridized carbons (Fsp3) is 0.171. The fourth-order valence-electron chi connectivity index (χ4n) is 6.23. The minimum absolute atomic E-state index is 0.00741. The maximum Gasteiger partial charge on any atom is 0.337 e. The van der Waals surface area contributed by atoms with Crippen LogP contribution >= 0.6 is 0 Å². The SMILES string of the molecule is NC(=O)N(CC(=O)N(Cc1ccccc1)NC(=O)N(CC(=O)OCC1c2ccccc2-c2ccccc21)Cc1ccccc1)Cc1ccccc1. The fourth-order valence-corrected chi connectivity index (χ4v) is 6.23. The van der Waals surface area contributed by atoms with Crippen molar-refractivity contribution in [3.63, 3.8) is 0 Å². The first kappa shape index (κ1) is 34.4. The number of nitrogens with two attached hydrogens (primary N) is 1. The number of hydrogen-bond donors (Lipinski definition) is 2. The number of carbonyl (C=O) groups excluding carboxylic acids is 4. The highest BCUT2D eigenvalue weighted by Crippen LogP contribution is 2.44. The van der Waals surface area contributed by atoms with Gasteiger partial charge in [0.1, 0.15) is 19.7 Å². The van der Waals surface area contributed by atoms with Crippen LogP contribution in [0.15, 0.2) is 140 Å². The van der Waals surface area contributed by atoms with Crippen molar-refractivity contribution in [2.24, 2.45) is 5.73 Å². The zero-order valence-electron chi connectivity index (χ0n) is 28.1. The topological polar surface area (TPSA) is 125 Å². The second kappa shape index (κ2) is 16.3. The van der Waals surface area contributed by atoms with Gasteiger partial charge >= 0.3 is 18.0 Å². The number of carbonyl (C=O) groups is 4. The van der Waals surface area contributed by atoms with Gasteiger partial charge in [-0.25, -0.2) is 20.0 Å². The summed E-state index contributed by atoms with van der Waals surface area (Å²) in [7, 11) is 0. The molecule has 5 aromatic carbocycles. The van der Waals surface area contributed by atoms with Crippen molar-refractivity contribution < 1.29 is 23.9 Å². The molecule has 0 radical (unpaired) electrons. The molecule has 258 valence electrons. The number of primary amides is 1. The van der Waals surface area contributed by atoms with Crippen LogP contribution in [-0.2, 0) is 34.0 Å². The van der Waals surface area contributed by atoms with Crippen molar-refractivity contribution in [2.75, 3.05) is 19.7 Å². The summed E-state index contributed by atoms with van der Waals surface area (Å²) in [6.45, 7) is -0.458. The average Bonchev–Trinajstić information content (AvgIpc) is 3.47. The number of hydrazine groups is 1. The van der Waals surface area contributed by atoms with Crippen LogP contribution in [0.1, 0.15) is 33.7 Å². The van der Waals surface area contributed by atoms with Gasteiger partial charge in [-0.2, -0.15) is 0 Å². The van der Waals surface area contributed by atoms with Gasteiger partial charge < -0.3 is 20.3 Å². The minimum Gasteiger partial charge on any atom is -0.463 e. The Kier molecular flexibility index (Phi) is 11.0. The Morgan fingerprint density at radius 1 is 0.569 bits per heavy atom. The Labute approximate surface area is 297 Å². The normalized spacial score (nSPS) is 11.5. The summed E-state index contributed by atoms with van der Waals surface area (Å²) in [5.74, 6) is -1.30. The number of rotatable bonds is 12. The lowest BCUT2D eigenvalue weighted by atomic mass is 9.98. The number of nitrogens with zero attached hydrogens (tertiary/aromatic N) is 3. The molecule has 0 fully saturated rings. The number of nitrogens with one attached hydrogen (secondary N) is 1. The second-order valence-corrected chi connectivity index (χ2v) is 12.3. The maximum absolute atomic E-state index is 14.0. The van der Waals surface area contributed by atoms with E-state index in [1.807, 2.05) is 127 Å². The third-order valence-electron chi connectivity index (χ3n) is 8.77. The van der Waals surface area contributed by atoms with Gasteiger partial charge in [-0.3, -0.25) is 9.59 Å². The molecule has 1 aliphatic rings. The zero-order chi connectivity index (χ0) is 35.6. The average molecular weight is 682 g/mol. The first-order chi connectivity index (χ1) is 24.9. The Bertz CT molecular complexity index is 1930. The van der Waals surface area contributed by atoms with E-state index in [-0.39, 0.29) is 45.2 Å². The molecule has 0 bridgehead atoms. The molecule has 0 saturated heterocycles. The largest absolute Gasteiger partial charge is 0.463 e. The van der Waals surface area contributed by atoms with Crippen LogP contribution in [0.2, 0.25) is 0 Å². The van der Waals surface area contributed by atoms with E-state index < -0.39 is 23.9 Å². The number of hydrogen-bond acceptors (Lipinski definition) is 5. The summed E-state index contributed by atoms with van der Waals surface area (Å²) < 4.78 is 5.84. The van der Waals surface area contributed by atoms with Gasteiger partial charge in [0, 0.05) is 19.0 Å². The van der Waals surface area contributed by atoms with E-state index in [2.05, 4.69) is 17.6 Å². The van der Waals surface area contributed by atoms with E-state index in [0.29, 0.717) is 0 Å². The summed E-state index contributed by atoms with van der Waals surface area (Å²) in [5, 5.41) is 1.15. The maximum atomic E-state index is 14.0. The molecule has 5 aromatic rings. The predicted octanol–water partition coefficient (Wildman–Crippen LogP) is 6.08. The summed E-state index contributed by atoms with van der Waals surface area (Å²) in [4.78, 5) is 56.1. The number of esters is 1. The molecule has 3 N–H and O–H groups in total. The van der Waals surface area contributed by atoms with E-state index in [4.69, 9.17) is 10.5 Å². The molecule has 0 aliphatic heterocycles. The molecule has 10 nitrogen and oxygen atoms in total. The lowest BCUT2D eigenvalue weighted by molar-refractivity contribution is -0.144. The summed E-state index contributed by atoms with van der Waals surface area (Å²) >= 11 is 0. The smallest absolute Gasteiger partial charge is 0.337 e. The first-order valence-corrected chi connectivity index (χ1v) is 16.7. The lowest BCUT2D eigenvalue weighted by Gasteiger charge is -2.30. The van der Waals surface area contributed by atoms with Crippen LogP contribution < -0.4 is 11.2 Å². The van der Waals surface area contributed by atoms with Crippen molar-refractivity contribution in [3.05, 3.63) is 167 Å². The van der Waals surface area contributed by atoms with E-state index in [1.165, 1.54) is 9.80 Å². The van der Waals surface area contributed by atoms with Crippen molar-refractivity contribution >= 4 is 23.9 Å². The molecular weight excluding hydrogens is 642 g/mol. The van der Waals surface area contributed by atoms with Gasteiger partial charge in [0.2, 0.25) is 0 Å². The highest BCUT2D eigenvalue weighted by molar-refractivity contribution is 5.87. The first-order valence-electron chi connectivity index (χ1n) is 16.7. The van der Waals surface area contributed by atoms with Crippen LogP contribution in [-0.4, -0.2) is 58.4 Å². The third-order valence-corrected chi connectivity index (χ3v) is 8.77. The third kappa shape index (κ3) is 8.79. The monoisotopic (exact) mass is 681 g/mol. The molecule has 51 heavy (non-hydrogen) atoms. The van der Waals surface area contributed by atoms with Crippen LogP contribution in [0.5, 0.6) is 0 Å². The Morgan fingerprint density at radius 3 is 1.53 bits per heavy atom. The van der Waals surface area contributed by atoms with Gasteiger partial charge in [-0.05, 0) is 38.9 Å². The van der Waals surface area contributed by atoms with Gasteiger partial charge in [0.15, 0.2) is 0 Å². The van der Waals surface area contributed by atoms with Crippen molar-refractivity contribution in [1.82, 2.24) is 20.2 Å². The molecule has 6 rings (SSSR count). The molecule has 0 atom stereocenters. The minimum atomic E-state index is -0.779. The number of amides is 5. The molecular formula is C41H39N5O5. The molecule has 0 aromatic heterocycles. The van der Waals surface area contributed by atoms with Crippen LogP contribution in [0.4, 0.5) is 9.59 Å². The Hall–Kier alpha value is -6.42. The zero-order valence-corrected chi connectivity index (χ0v) is 28.1. The van der Waals surface area contributed by atoms with Gasteiger partial charge in [-0.1, -0.05) is 140 Å². The van der Waals surface area contributed by atoms with Crippen LogP contribution in [0, 0.1) is 0 Å². The number of benzene rings is 5. The second-order valence-electron chi connectivity index (χ2n) is 12.3. The molecule has 0 spiro atoms. The van der Waals surface area contributed by atoms with E-state index in [1.54, 1.807) is 0 Å². The predicted molar refractivity (Wildman–Crippen MR) is 193 cm³/mol. The van der Waals surface area contributed by atoms with Crippen molar-refractivity contribution in [2.45, 2.75) is 25.6 Å². The molecule has 0 heterocycles. The van der Waals surface area contributed by atoms with E-state index in [0.717, 1.165) is 44.0 Å². The van der Waals surface area contributed by atoms with Gasteiger partial charge in [0.05, 0.1) is 6.54 Å². The van der Waals surface area contributed by atoms with Gasteiger partial charge in [0.25, 0.3) is 5.91 Å². The highest BCUT2D eigenvalue weighted by Gasteiger charge is 2.30. The Morgan fingerprint density at radius 2 is 1.02 bits per heavy atom. The van der Waals surface area contributed by atoms with Crippen LogP contribution in [0.25, 0.3) is 11.1 Å². The standard InChI is InChI=1S/C41H39N5O5/c42-40(49)44(24-30-14-4-1-5-15-30)27-38(47)46(26-32-18-8-3-9-19-32)43-41(50)45(25-31-16-6-2-7-17-31)28-39(48)51-29-37-35-22-12-10-20-33(35)34-21-11-13-23-36(34)37/h1-23,37H,24-29H2,(H2,42,49)(H,43,50). The molecule has 0 saturated carbocycles. The molecule has 0 unspecified atom stereocenters. The Balaban J connectivity index is 1.18. The summed E-state index contributed by atoms with van der Waals surface area (Å²) in [6, 6.07) is 42.2. The quantitative estimate of drug-likeness (QED) is 0.122. The van der Waals surface area contributed by atoms with E-state index >= 15 is 0 Å². The summed E-state index contributed by atoms with van der Waals surface area (Å²) in [6.07, 6.45) is 0. The van der Waals surface area contributed by atoms with Crippen molar-refractivity contribution in [3.8, 4) is 11.1 Å².